The van der Waals surface area contributed by atoms with Crippen molar-refractivity contribution >= 4 is 21.6 Å². The Morgan fingerprint density at radius 2 is 1.19 bits per heavy atom. The summed E-state index contributed by atoms with van der Waals surface area (Å²) in [7, 11) is 0. The van der Waals surface area contributed by atoms with Crippen LogP contribution < -0.4 is 0 Å². The van der Waals surface area contributed by atoms with Crippen molar-refractivity contribution in [1.82, 2.24) is 0 Å². The maximum atomic E-state index is 2.89. The molecule has 0 saturated heterocycles. The predicted octanol–water partition coefficient (Wildman–Crippen LogP) is 4.93. The van der Waals surface area contributed by atoms with E-state index in [9.17, 15) is 0 Å². The van der Waals surface area contributed by atoms with E-state index in [1.807, 2.05) is 0 Å². The monoisotopic (exact) mass is 342 g/mol. The van der Waals surface area contributed by atoms with E-state index >= 15 is 0 Å². The normalized spacial score (nSPS) is 15.7. The van der Waals surface area contributed by atoms with Crippen LogP contribution in [-0.2, 0) is 0 Å². The first-order valence-electron chi connectivity index (χ1n) is 7.90. The quantitative estimate of drug-likeness (QED) is 0.695. The van der Waals surface area contributed by atoms with Crippen molar-refractivity contribution in [3.63, 3.8) is 0 Å². The zero-order valence-corrected chi connectivity index (χ0v) is 14.2. The Morgan fingerprint density at radius 3 is 1.67 bits per heavy atom. The van der Waals surface area contributed by atoms with Crippen molar-refractivity contribution < 1.29 is 0 Å². The van der Waals surface area contributed by atoms with Gasteiger partial charge in [0.1, 0.15) is 0 Å². The Labute approximate surface area is 136 Å². The van der Waals surface area contributed by atoms with Crippen LogP contribution in [0, 0.1) is 5.92 Å². The van der Waals surface area contributed by atoms with Crippen molar-refractivity contribution in [2.75, 3.05) is 0 Å². The second kappa shape index (κ2) is 7.11. The second-order valence-electron chi connectivity index (χ2n) is 5.83. The van der Waals surface area contributed by atoms with Gasteiger partial charge in [-0.2, -0.15) is 0 Å². The molecule has 0 N–H and O–H groups in total. The summed E-state index contributed by atoms with van der Waals surface area (Å²) in [6, 6.07) is 21.7. The van der Waals surface area contributed by atoms with Crippen LogP contribution in [0.25, 0.3) is 5.57 Å². The number of benzene rings is 2. The average molecular weight is 341 g/mol. The summed E-state index contributed by atoms with van der Waals surface area (Å²) >= 11 is 2.89. The molecule has 0 nitrogen and oxygen atoms in total. The molecule has 0 unspecified atom stereocenters. The molecule has 108 valence electrons. The molecule has 1 fully saturated rings. The van der Waals surface area contributed by atoms with E-state index in [4.69, 9.17) is 0 Å². The van der Waals surface area contributed by atoms with Gasteiger partial charge in [0.25, 0.3) is 0 Å². The number of allylic oxidation sites excluding steroid dienone is 1. The third kappa shape index (κ3) is 3.48. The molecule has 0 radical (unpaired) electrons. The van der Waals surface area contributed by atoms with Crippen LogP contribution in [0.3, 0.4) is 0 Å². The average Bonchev–Trinajstić information content (AvgIpc) is 2.58. The van der Waals surface area contributed by atoms with E-state index in [0.29, 0.717) is 0 Å². The Morgan fingerprint density at radius 1 is 0.714 bits per heavy atom. The molecule has 2 aromatic rings. The summed E-state index contributed by atoms with van der Waals surface area (Å²) in [4.78, 5) is 0. The molecule has 0 atom stereocenters. The molecule has 0 amide bonds. The first-order chi connectivity index (χ1) is 10.4. The minimum absolute atomic E-state index is 0.731. The van der Waals surface area contributed by atoms with E-state index in [1.165, 1.54) is 53.3 Å². The zero-order valence-electron chi connectivity index (χ0n) is 12.3. The van der Waals surface area contributed by atoms with E-state index in [-0.39, 0.29) is 0 Å². The van der Waals surface area contributed by atoms with Gasteiger partial charge in [0.15, 0.2) is 0 Å². The van der Waals surface area contributed by atoms with Crippen LogP contribution in [0.2, 0.25) is 0 Å². The summed E-state index contributed by atoms with van der Waals surface area (Å²) in [5, 5.41) is 0. The van der Waals surface area contributed by atoms with Crippen molar-refractivity contribution in [2.45, 2.75) is 32.1 Å². The van der Waals surface area contributed by atoms with Crippen molar-refractivity contribution in [3.05, 3.63) is 76.3 Å². The van der Waals surface area contributed by atoms with E-state index in [1.54, 1.807) is 0 Å². The molecule has 1 heteroatoms. The van der Waals surface area contributed by atoms with Crippen LogP contribution in [0.1, 0.15) is 43.2 Å². The summed E-state index contributed by atoms with van der Waals surface area (Å²) < 4.78 is 1.51. The SMILES string of the molecule is [SeH]C(=C(c1ccccc1)c1ccccc1)C1CCCCC1. The van der Waals surface area contributed by atoms with Gasteiger partial charge in [0.05, 0.1) is 0 Å². The first kappa shape index (κ1) is 14.6. The molecule has 3 rings (SSSR count). The molecule has 21 heavy (non-hydrogen) atoms. The van der Waals surface area contributed by atoms with Crippen molar-refractivity contribution in [1.29, 1.82) is 0 Å². The third-order valence-electron chi connectivity index (χ3n) is 4.37. The Kier molecular flexibility index (Phi) is 4.95. The Balaban J connectivity index is 2.07. The van der Waals surface area contributed by atoms with E-state index in [2.05, 4.69) is 76.7 Å². The molecule has 1 saturated carbocycles. The fourth-order valence-electron chi connectivity index (χ4n) is 3.25. The standard InChI is InChI=1S/C20H22Se/c21-20(18-14-8-3-9-15-18)19(16-10-4-1-5-11-16)17-12-6-2-7-13-17/h1-2,4-7,10-13,18,21H,3,8-9,14-15H2. The molecule has 0 heterocycles. The molecular weight excluding hydrogens is 319 g/mol. The third-order valence-corrected chi connectivity index (χ3v) is 5.61. The summed E-state index contributed by atoms with van der Waals surface area (Å²) in [6.07, 6.45) is 6.84. The molecule has 0 aromatic heterocycles. The van der Waals surface area contributed by atoms with Crippen LogP contribution in [-0.4, -0.2) is 16.0 Å². The molecule has 0 bridgehead atoms. The van der Waals surface area contributed by atoms with Gasteiger partial charge in [-0.25, -0.2) is 0 Å². The predicted molar refractivity (Wildman–Crippen MR) is 92.6 cm³/mol. The van der Waals surface area contributed by atoms with Gasteiger partial charge in [-0.05, 0) is 0 Å². The van der Waals surface area contributed by atoms with Crippen LogP contribution in [0.15, 0.2) is 65.1 Å². The molecule has 0 aliphatic heterocycles. The summed E-state index contributed by atoms with van der Waals surface area (Å²) in [5.41, 5.74) is 4.10. The Hall–Kier alpha value is -1.30. The van der Waals surface area contributed by atoms with Crippen LogP contribution in [0.5, 0.6) is 0 Å². The molecule has 0 spiro atoms. The fourth-order valence-corrected chi connectivity index (χ4v) is 4.34. The van der Waals surface area contributed by atoms with Crippen molar-refractivity contribution in [3.8, 4) is 0 Å². The molecule has 2 aromatic carbocycles. The van der Waals surface area contributed by atoms with Gasteiger partial charge in [-0.3, -0.25) is 0 Å². The van der Waals surface area contributed by atoms with Crippen LogP contribution in [0.4, 0.5) is 0 Å². The van der Waals surface area contributed by atoms with E-state index in [0.717, 1.165) is 5.92 Å². The zero-order chi connectivity index (χ0) is 14.5. The number of hydrogen-bond acceptors (Lipinski definition) is 0. The molecule has 1 aliphatic rings. The van der Waals surface area contributed by atoms with Gasteiger partial charge < -0.3 is 0 Å². The second-order valence-corrected chi connectivity index (χ2v) is 6.84. The fraction of sp³-hybridized carbons (Fsp3) is 0.300. The van der Waals surface area contributed by atoms with Gasteiger partial charge in [-0.1, -0.05) is 0 Å². The van der Waals surface area contributed by atoms with E-state index < -0.39 is 0 Å². The molecular formula is C20H22Se. The first-order valence-corrected chi connectivity index (χ1v) is 8.84. The topological polar surface area (TPSA) is 0 Å². The van der Waals surface area contributed by atoms with Crippen molar-refractivity contribution in [2.24, 2.45) is 5.92 Å². The number of hydrogen-bond donors (Lipinski definition) is 0. The Bertz CT molecular complexity index is 551. The summed E-state index contributed by atoms with van der Waals surface area (Å²) in [5.74, 6) is 0.731. The van der Waals surface area contributed by atoms with Gasteiger partial charge in [-0.15, -0.1) is 0 Å². The van der Waals surface area contributed by atoms with Gasteiger partial charge in [0, 0.05) is 0 Å². The number of rotatable bonds is 3. The molecule has 1 aliphatic carbocycles. The summed E-state index contributed by atoms with van der Waals surface area (Å²) in [6.45, 7) is 0. The van der Waals surface area contributed by atoms with Gasteiger partial charge >= 0.3 is 136 Å². The van der Waals surface area contributed by atoms with Crippen LogP contribution >= 0.6 is 0 Å². The maximum absolute atomic E-state index is 2.89. The minimum atomic E-state index is 0.731. The van der Waals surface area contributed by atoms with Gasteiger partial charge in [0.2, 0.25) is 0 Å².